The number of esters is 2. The van der Waals surface area contributed by atoms with Crippen LogP contribution in [0.4, 0.5) is 5.69 Å². The van der Waals surface area contributed by atoms with Crippen LogP contribution in [-0.4, -0.2) is 60.5 Å². The maximum absolute atomic E-state index is 12.0. The van der Waals surface area contributed by atoms with Crippen LogP contribution >= 0.6 is 12.2 Å². The largest absolute Gasteiger partial charge is 0.465 e. The third-order valence-corrected chi connectivity index (χ3v) is 4.52. The summed E-state index contributed by atoms with van der Waals surface area (Å²) in [4.78, 5) is 25.7. The van der Waals surface area contributed by atoms with E-state index in [1.807, 2.05) is 4.90 Å². The molecule has 1 aromatic rings. The van der Waals surface area contributed by atoms with Crippen LogP contribution in [0.1, 0.15) is 40.0 Å². The molecule has 0 aromatic heterocycles. The average molecular weight is 366 g/mol. The molecule has 0 saturated carbocycles. The zero-order valence-corrected chi connectivity index (χ0v) is 15.1. The number of likely N-dealkylation sites (tertiary alicyclic amines) is 1. The molecule has 2 N–H and O–H groups in total. The number of carbonyl (C=O) groups excluding carboxylic acids is 2. The van der Waals surface area contributed by atoms with E-state index in [1.54, 1.807) is 0 Å². The predicted octanol–water partition coefficient (Wildman–Crippen LogP) is 1.80. The summed E-state index contributed by atoms with van der Waals surface area (Å²) in [5, 5.41) is 13.0. The molecule has 7 nitrogen and oxygen atoms in total. The van der Waals surface area contributed by atoms with Gasteiger partial charge in [0.1, 0.15) is 0 Å². The molecule has 1 fully saturated rings. The summed E-state index contributed by atoms with van der Waals surface area (Å²) in [5.41, 5.74) is 0.912. The molecule has 0 spiro atoms. The fourth-order valence-corrected chi connectivity index (χ4v) is 3.18. The summed E-state index contributed by atoms with van der Waals surface area (Å²) in [5.74, 6) is -1.06. The highest BCUT2D eigenvalue weighted by molar-refractivity contribution is 7.80. The lowest BCUT2D eigenvalue weighted by molar-refractivity contribution is 0.0587. The van der Waals surface area contributed by atoms with E-state index < -0.39 is 11.9 Å². The van der Waals surface area contributed by atoms with Crippen molar-refractivity contribution in [1.29, 1.82) is 0 Å². The number of aliphatic hydroxyl groups excluding tert-OH is 1. The summed E-state index contributed by atoms with van der Waals surface area (Å²) in [6.07, 6.45) is 2.87. The molecule has 8 heteroatoms. The topological polar surface area (TPSA) is 88.1 Å². The van der Waals surface area contributed by atoms with Crippen LogP contribution in [0, 0.1) is 0 Å². The number of carbonyl (C=O) groups is 2. The van der Waals surface area contributed by atoms with Crippen molar-refractivity contribution in [3.05, 3.63) is 29.3 Å². The number of rotatable bonds is 4. The van der Waals surface area contributed by atoms with Gasteiger partial charge < -0.3 is 24.8 Å². The number of hydrogen-bond donors (Lipinski definition) is 2. The summed E-state index contributed by atoms with van der Waals surface area (Å²) < 4.78 is 9.50. The second kappa shape index (κ2) is 8.77. The van der Waals surface area contributed by atoms with Gasteiger partial charge in [0.2, 0.25) is 0 Å². The van der Waals surface area contributed by atoms with Crippen molar-refractivity contribution >= 4 is 35.0 Å². The molecular weight excluding hydrogens is 344 g/mol. The van der Waals surface area contributed by atoms with E-state index in [2.05, 4.69) is 5.32 Å². The van der Waals surface area contributed by atoms with Gasteiger partial charge in [0.15, 0.2) is 5.11 Å². The third kappa shape index (κ3) is 4.46. The highest BCUT2D eigenvalue weighted by atomic mass is 32.1. The van der Waals surface area contributed by atoms with Crippen LogP contribution < -0.4 is 5.32 Å². The molecule has 0 amide bonds. The molecule has 1 heterocycles. The minimum absolute atomic E-state index is 0.00782. The first-order valence-electron chi connectivity index (χ1n) is 8.01. The lowest BCUT2D eigenvalue weighted by Crippen LogP contribution is -2.47. The van der Waals surface area contributed by atoms with Gasteiger partial charge in [-0.2, -0.15) is 0 Å². The zero-order valence-electron chi connectivity index (χ0n) is 14.3. The summed E-state index contributed by atoms with van der Waals surface area (Å²) in [7, 11) is 2.57. The minimum Gasteiger partial charge on any atom is -0.465 e. The van der Waals surface area contributed by atoms with E-state index in [9.17, 15) is 14.7 Å². The number of nitrogens with one attached hydrogen (secondary N) is 1. The average Bonchev–Trinajstić information content (AvgIpc) is 2.66. The number of anilines is 1. The van der Waals surface area contributed by atoms with Crippen LogP contribution in [0.15, 0.2) is 18.2 Å². The molecule has 1 saturated heterocycles. The highest BCUT2D eigenvalue weighted by Gasteiger charge is 2.25. The van der Waals surface area contributed by atoms with E-state index in [4.69, 9.17) is 21.7 Å². The Morgan fingerprint density at radius 2 is 2.00 bits per heavy atom. The van der Waals surface area contributed by atoms with Crippen molar-refractivity contribution < 1.29 is 24.2 Å². The van der Waals surface area contributed by atoms with Gasteiger partial charge >= 0.3 is 11.9 Å². The van der Waals surface area contributed by atoms with Crippen molar-refractivity contribution in [3.63, 3.8) is 0 Å². The van der Waals surface area contributed by atoms with Crippen molar-refractivity contribution in [2.45, 2.75) is 25.3 Å². The Balaban J connectivity index is 2.30. The van der Waals surface area contributed by atoms with Gasteiger partial charge in [-0.05, 0) is 49.7 Å². The first-order valence-corrected chi connectivity index (χ1v) is 8.41. The molecule has 25 heavy (non-hydrogen) atoms. The Morgan fingerprint density at radius 3 is 2.64 bits per heavy atom. The van der Waals surface area contributed by atoms with E-state index in [0.29, 0.717) is 10.8 Å². The van der Waals surface area contributed by atoms with Crippen molar-refractivity contribution in [1.82, 2.24) is 4.90 Å². The van der Waals surface area contributed by atoms with Gasteiger partial charge in [0, 0.05) is 6.54 Å². The van der Waals surface area contributed by atoms with Gasteiger partial charge in [-0.1, -0.05) is 0 Å². The van der Waals surface area contributed by atoms with Crippen molar-refractivity contribution in [2.24, 2.45) is 0 Å². The van der Waals surface area contributed by atoms with Gasteiger partial charge in [-0.3, -0.25) is 0 Å². The SMILES string of the molecule is COC(=O)c1ccc(C(=O)OC)c(NC(=S)N2CCCC[C@H]2CO)c1. The molecule has 0 bridgehead atoms. The second-order valence-electron chi connectivity index (χ2n) is 5.70. The quantitative estimate of drug-likeness (QED) is 0.616. The number of thiocarbonyl (C=S) groups is 1. The number of aliphatic hydroxyl groups is 1. The molecule has 2 rings (SSSR count). The zero-order chi connectivity index (χ0) is 18.4. The van der Waals surface area contributed by atoms with Gasteiger partial charge in [-0.15, -0.1) is 0 Å². The molecule has 0 aliphatic carbocycles. The highest BCUT2D eigenvalue weighted by Crippen LogP contribution is 2.23. The van der Waals surface area contributed by atoms with Crippen LogP contribution in [0.5, 0.6) is 0 Å². The van der Waals surface area contributed by atoms with E-state index in [-0.39, 0.29) is 23.8 Å². The molecule has 1 aromatic carbocycles. The molecule has 0 unspecified atom stereocenters. The number of benzene rings is 1. The first kappa shape index (κ1) is 19.1. The number of methoxy groups -OCH3 is 2. The molecule has 1 atom stereocenters. The maximum Gasteiger partial charge on any atom is 0.339 e. The Hall–Kier alpha value is -2.19. The van der Waals surface area contributed by atoms with Gasteiger partial charge in [0.25, 0.3) is 0 Å². The monoisotopic (exact) mass is 366 g/mol. The van der Waals surface area contributed by atoms with Crippen LogP contribution in [0.3, 0.4) is 0 Å². The van der Waals surface area contributed by atoms with Crippen LogP contribution in [0.2, 0.25) is 0 Å². The fraction of sp³-hybridized carbons (Fsp3) is 0.471. The summed E-state index contributed by atoms with van der Waals surface area (Å²) >= 11 is 5.45. The summed E-state index contributed by atoms with van der Waals surface area (Å²) in [6.45, 7) is 0.731. The Morgan fingerprint density at radius 1 is 1.28 bits per heavy atom. The lowest BCUT2D eigenvalue weighted by Gasteiger charge is -2.36. The predicted molar refractivity (Wildman–Crippen MR) is 96.8 cm³/mol. The van der Waals surface area contributed by atoms with Crippen LogP contribution in [-0.2, 0) is 9.47 Å². The fourth-order valence-electron chi connectivity index (χ4n) is 2.83. The smallest absolute Gasteiger partial charge is 0.339 e. The minimum atomic E-state index is -0.543. The molecule has 1 aliphatic heterocycles. The second-order valence-corrected chi connectivity index (χ2v) is 6.09. The Kier molecular flexibility index (Phi) is 6.72. The van der Waals surface area contributed by atoms with Gasteiger partial charge in [0.05, 0.1) is 43.7 Å². The number of hydrogen-bond acceptors (Lipinski definition) is 6. The Labute approximate surface area is 151 Å². The molecular formula is C17H22N2O5S. The van der Waals surface area contributed by atoms with Crippen molar-refractivity contribution in [2.75, 3.05) is 32.7 Å². The normalized spacial score (nSPS) is 16.9. The standard InChI is InChI=1S/C17H22N2O5S/c1-23-15(21)11-6-7-13(16(22)24-2)14(9-11)18-17(25)19-8-4-3-5-12(19)10-20/h6-7,9,12,20H,3-5,8,10H2,1-2H3,(H,18,25)/t12-/m0/s1. The van der Waals surface area contributed by atoms with Gasteiger partial charge in [-0.25, -0.2) is 9.59 Å². The van der Waals surface area contributed by atoms with E-state index in [1.165, 1.54) is 32.4 Å². The first-order chi connectivity index (χ1) is 12.0. The number of nitrogens with zero attached hydrogens (tertiary/aromatic N) is 1. The van der Waals surface area contributed by atoms with E-state index in [0.717, 1.165) is 25.8 Å². The molecule has 1 aliphatic rings. The Bertz CT molecular complexity index is 664. The number of ether oxygens (including phenoxy) is 2. The number of piperidine rings is 1. The third-order valence-electron chi connectivity index (χ3n) is 4.19. The lowest BCUT2D eigenvalue weighted by atomic mass is 10.0. The van der Waals surface area contributed by atoms with E-state index >= 15 is 0 Å². The van der Waals surface area contributed by atoms with Crippen LogP contribution in [0.25, 0.3) is 0 Å². The maximum atomic E-state index is 12.0. The molecule has 136 valence electrons. The summed E-state index contributed by atoms with van der Waals surface area (Å²) in [6, 6.07) is 4.42. The molecule has 0 radical (unpaired) electrons. The van der Waals surface area contributed by atoms with Crippen molar-refractivity contribution in [3.8, 4) is 0 Å².